The van der Waals surface area contributed by atoms with Crippen molar-refractivity contribution in [3.05, 3.63) is 60.7 Å². The number of anilines is 2. The van der Waals surface area contributed by atoms with Crippen LogP contribution in [0.2, 0.25) is 0 Å². The van der Waals surface area contributed by atoms with Gasteiger partial charge in [0.05, 0.1) is 6.61 Å². The fourth-order valence-electron chi connectivity index (χ4n) is 1.91. The number of guanidine groups is 1. The van der Waals surface area contributed by atoms with E-state index in [1.165, 1.54) is 6.66 Å². The van der Waals surface area contributed by atoms with Crippen LogP contribution in [0.4, 0.5) is 11.4 Å². The summed E-state index contributed by atoms with van der Waals surface area (Å²) in [5.74, 6) is 0.777. The van der Waals surface area contributed by atoms with Crippen molar-refractivity contribution in [2.45, 2.75) is 26.7 Å². The average Bonchev–Trinajstić information content (AvgIpc) is 2.66. The maximum Gasteiger partial charge on any atom is 0.325 e. The monoisotopic (exact) mass is 391 g/mol. The Kier molecular flexibility index (Phi) is 11.1. The summed E-state index contributed by atoms with van der Waals surface area (Å²) < 4.78 is 14.8. The molecule has 2 rings (SSSR count). The highest BCUT2D eigenvalue weighted by Crippen LogP contribution is 2.36. The van der Waals surface area contributed by atoms with E-state index in [1.807, 2.05) is 67.6 Å². The summed E-state index contributed by atoms with van der Waals surface area (Å²) in [6.45, 7) is 6.35. The summed E-state index contributed by atoms with van der Waals surface area (Å²) in [6, 6.07) is 20.1. The molecule has 0 saturated heterocycles. The molecule has 0 heterocycles. The van der Waals surface area contributed by atoms with Gasteiger partial charge in [0, 0.05) is 24.6 Å². The van der Waals surface area contributed by atoms with Crippen LogP contribution in [-0.2, 0) is 9.09 Å². The largest absolute Gasteiger partial charge is 0.326 e. The van der Waals surface area contributed by atoms with Crippen LogP contribution in [0.1, 0.15) is 26.7 Å². The van der Waals surface area contributed by atoms with Crippen LogP contribution in [0.15, 0.2) is 65.7 Å². The van der Waals surface area contributed by atoms with Crippen molar-refractivity contribution in [1.29, 1.82) is 0 Å². The smallest absolute Gasteiger partial charge is 0.325 e. The predicted molar refractivity (Wildman–Crippen MR) is 115 cm³/mol. The number of nitrogens with one attached hydrogen (secondary N) is 2. The minimum atomic E-state index is -3.18. The fourth-order valence-corrected chi connectivity index (χ4v) is 2.43. The first kappa shape index (κ1) is 22.9. The van der Waals surface area contributed by atoms with Gasteiger partial charge in [-0.25, -0.2) is 0 Å². The second-order valence-electron chi connectivity index (χ2n) is 5.85. The van der Waals surface area contributed by atoms with Crippen LogP contribution in [0, 0.1) is 0 Å². The molecular weight excluding hydrogens is 361 g/mol. The summed E-state index contributed by atoms with van der Waals surface area (Å²) in [6.07, 6.45) is 1.80. The number of benzene rings is 2. The predicted octanol–water partition coefficient (Wildman–Crippen LogP) is 5.20. The molecule has 6 nitrogen and oxygen atoms in total. The van der Waals surface area contributed by atoms with Gasteiger partial charge in [0.15, 0.2) is 5.96 Å². The van der Waals surface area contributed by atoms with Crippen molar-refractivity contribution in [2.24, 2.45) is 4.99 Å². The number of nitrogens with zero attached hydrogens (tertiary/aromatic N) is 1. The first-order valence-electron chi connectivity index (χ1n) is 9.08. The molecule has 0 fully saturated rings. The van der Waals surface area contributed by atoms with Crippen molar-refractivity contribution in [3.8, 4) is 0 Å². The zero-order chi connectivity index (χ0) is 20.0. The molecule has 27 heavy (non-hydrogen) atoms. The first-order chi connectivity index (χ1) is 12.9. The third-order valence-electron chi connectivity index (χ3n) is 3.10. The number of rotatable bonds is 7. The fraction of sp³-hybridized carbons (Fsp3) is 0.350. The van der Waals surface area contributed by atoms with E-state index in [1.54, 1.807) is 0 Å². The van der Waals surface area contributed by atoms with Gasteiger partial charge >= 0.3 is 7.60 Å². The zero-order valence-electron chi connectivity index (χ0n) is 16.3. The van der Waals surface area contributed by atoms with Crippen LogP contribution in [-0.4, -0.2) is 30.7 Å². The van der Waals surface area contributed by atoms with E-state index in [4.69, 9.17) is 4.89 Å². The Hall–Kier alpha value is -2.14. The Balaban J connectivity index is 0.000000387. The normalized spacial score (nSPS) is 12.1. The van der Waals surface area contributed by atoms with Crippen LogP contribution < -0.4 is 10.6 Å². The molecule has 0 spiro atoms. The Morgan fingerprint density at radius 2 is 1.44 bits per heavy atom. The van der Waals surface area contributed by atoms with Crippen molar-refractivity contribution >= 4 is 24.9 Å². The van der Waals surface area contributed by atoms with Crippen molar-refractivity contribution < 1.29 is 14.0 Å². The summed E-state index contributed by atoms with van der Waals surface area (Å²) in [5, 5.41) is 6.60. The Labute approximate surface area is 162 Å². The number of para-hydroxylation sites is 2. The summed E-state index contributed by atoms with van der Waals surface area (Å²) in [7, 11) is -3.18. The van der Waals surface area contributed by atoms with E-state index >= 15 is 0 Å². The molecule has 0 aliphatic rings. The second-order valence-corrected chi connectivity index (χ2v) is 7.71. The Morgan fingerprint density at radius 3 is 1.78 bits per heavy atom. The second kappa shape index (κ2) is 13.1. The van der Waals surface area contributed by atoms with Crippen LogP contribution in [0.5, 0.6) is 0 Å². The van der Waals surface area contributed by atoms with Crippen molar-refractivity contribution in [1.82, 2.24) is 0 Å². The highest BCUT2D eigenvalue weighted by Gasteiger charge is 2.06. The molecule has 1 unspecified atom stereocenters. The summed E-state index contributed by atoms with van der Waals surface area (Å²) in [5.41, 5.74) is 2.06. The summed E-state index contributed by atoms with van der Waals surface area (Å²) in [4.78, 5) is 13.0. The topological polar surface area (TPSA) is 83.0 Å². The van der Waals surface area contributed by atoms with Crippen LogP contribution in [0.25, 0.3) is 0 Å². The van der Waals surface area contributed by atoms with E-state index in [9.17, 15) is 4.57 Å². The van der Waals surface area contributed by atoms with E-state index in [2.05, 4.69) is 27.1 Å². The zero-order valence-corrected chi connectivity index (χ0v) is 17.2. The molecule has 0 aromatic heterocycles. The lowest BCUT2D eigenvalue weighted by Gasteiger charge is -2.12. The van der Waals surface area contributed by atoms with E-state index in [0.717, 1.165) is 36.7 Å². The molecule has 0 amide bonds. The molecule has 1 atom stereocenters. The summed E-state index contributed by atoms with van der Waals surface area (Å²) >= 11 is 0. The lowest BCUT2D eigenvalue weighted by molar-refractivity contribution is 0.265. The van der Waals surface area contributed by atoms with Gasteiger partial charge in [-0.2, -0.15) is 0 Å². The van der Waals surface area contributed by atoms with Crippen LogP contribution >= 0.6 is 7.60 Å². The van der Waals surface area contributed by atoms with E-state index < -0.39 is 7.60 Å². The Morgan fingerprint density at radius 1 is 0.963 bits per heavy atom. The molecule has 7 heteroatoms. The molecule has 3 N–H and O–H groups in total. The van der Waals surface area contributed by atoms with Gasteiger partial charge in [0.1, 0.15) is 0 Å². The van der Waals surface area contributed by atoms with Crippen molar-refractivity contribution in [2.75, 3.05) is 30.5 Å². The number of aliphatic imine (C=N–C) groups is 1. The van der Waals surface area contributed by atoms with Gasteiger partial charge in [0.25, 0.3) is 0 Å². The molecule has 0 aliphatic carbocycles. The standard InChI is InChI=1S/C16H19N3.C4H11O3P/c1-2-13-17-16(18-14-9-5-3-6-10-14)19-15-11-7-4-8-12-15;1-3-4-7-8(2,5)6/h3-12H,2,13H2,1H3,(H2,17,18,19);3-4H2,1-2H3,(H,5,6). The molecule has 2 aromatic carbocycles. The third-order valence-corrected chi connectivity index (χ3v) is 3.76. The third kappa shape index (κ3) is 12.0. The van der Waals surface area contributed by atoms with E-state index in [0.29, 0.717) is 6.61 Å². The van der Waals surface area contributed by atoms with Gasteiger partial charge in [-0.15, -0.1) is 0 Å². The molecule has 0 aliphatic heterocycles. The number of hydrogen-bond acceptors (Lipinski definition) is 3. The molecule has 0 saturated carbocycles. The number of hydrogen-bond donors (Lipinski definition) is 3. The molecule has 0 radical (unpaired) electrons. The lowest BCUT2D eigenvalue weighted by atomic mass is 10.3. The minimum Gasteiger partial charge on any atom is -0.326 e. The quantitative estimate of drug-likeness (QED) is 0.343. The first-order valence-corrected chi connectivity index (χ1v) is 11.1. The Bertz CT molecular complexity index is 659. The lowest BCUT2D eigenvalue weighted by Crippen LogP contribution is -2.22. The maximum absolute atomic E-state index is 10.3. The van der Waals surface area contributed by atoms with Gasteiger partial charge in [-0.3, -0.25) is 9.56 Å². The van der Waals surface area contributed by atoms with Gasteiger partial charge in [-0.05, 0) is 37.1 Å². The van der Waals surface area contributed by atoms with Gasteiger partial charge in [-0.1, -0.05) is 50.2 Å². The van der Waals surface area contributed by atoms with Gasteiger partial charge < -0.3 is 20.1 Å². The van der Waals surface area contributed by atoms with Crippen LogP contribution in [0.3, 0.4) is 0 Å². The highest BCUT2D eigenvalue weighted by atomic mass is 31.2. The SMILES string of the molecule is CCCN=C(Nc1ccccc1)Nc1ccccc1.CCCOP(C)(=O)O. The highest BCUT2D eigenvalue weighted by molar-refractivity contribution is 7.51. The average molecular weight is 391 g/mol. The van der Waals surface area contributed by atoms with E-state index in [-0.39, 0.29) is 0 Å². The minimum absolute atomic E-state index is 0.365. The molecule has 148 valence electrons. The molecule has 0 bridgehead atoms. The van der Waals surface area contributed by atoms with Crippen molar-refractivity contribution in [3.63, 3.8) is 0 Å². The molecular formula is C20H30N3O3P. The maximum atomic E-state index is 10.3. The van der Waals surface area contributed by atoms with Gasteiger partial charge in [0.2, 0.25) is 0 Å². The molecule has 2 aromatic rings.